The van der Waals surface area contributed by atoms with Crippen LogP contribution < -0.4 is 10.0 Å². The van der Waals surface area contributed by atoms with Gasteiger partial charge in [0, 0.05) is 32.4 Å². The van der Waals surface area contributed by atoms with Gasteiger partial charge >= 0.3 is 0 Å². The fraction of sp³-hybridized carbons (Fsp3) is 0.500. The predicted octanol–water partition coefficient (Wildman–Crippen LogP) is 1.14. The zero-order chi connectivity index (χ0) is 15.7. The molecule has 21 heavy (non-hydrogen) atoms. The van der Waals surface area contributed by atoms with Gasteiger partial charge < -0.3 is 10.1 Å². The second-order valence-corrected chi connectivity index (χ2v) is 6.29. The van der Waals surface area contributed by atoms with E-state index in [1.807, 2.05) is 6.92 Å². The molecule has 0 saturated carbocycles. The molecule has 2 N–H and O–H groups in total. The summed E-state index contributed by atoms with van der Waals surface area (Å²) in [5.74, 6) is -0.225. The molecule has 6 nitrogen and oxygen atoms in total. The molecule has 0 aliphatic carbocycles. The monoisotopic (exact) mass is 314 g/mol. The summed E-state index contributed by atoms with van der Waals surface area (Å²) in [6.07, 6.45) is 1.46. The van der Waals surface area contributed by atoms with E-state index in [1.165, 1.54) is 24.3 Å². The molecule has 0 aliphatic rings. The number of hydrogen-bond acceptors (Lipinski definition) is 4. The average molecular weight is 314 g/mol. The van der Waals surface area contributed by atoms with Crippen LogP contribution in [0.5, 0.6) is 0 Å². The predicted molar refractivity (Wildman–Crippen MR) is 80.7 cm³/mol. The zero-order valence-corrected chi connectivity index (χ0v) is 13.2. The Bertz CT molecular complexity index is 541. The summed E-state index contributed by atoms with van der Waals surface area (Å²) in [5.41, 5.74) is 0.432. The van der Waals surface area contributed by atoms with E-state index in [0.29, 0.717) is 25.3 Å². The van der Waals surface area contributed by atoms with Crippen LogP contribution in [0.25, 0.3) is 0 Å². The Morgan fingerprint density at radius 1 is 1.19 bits per heavy atom. The molecule has 0 spiro atoms. The Kier molecular flexibility index (Phi) is 7.35. The summed E-state index contributed by atoms with van der Waals surface area (Å²) < 4.78 is 31.2. The molecular weight excluding hydrogens is 292 g/mol. The van der Waals surface area contributed by atoms with Gasteiger partial charge in [-0.3, -0.25) is 4.79 Å². The van der Waals surface area contributed by atoms with Crippen molar-refractivity contribution in [2.45, 2.75) is 24.7 Å². The lowest BCUT2D eigenvalue weighted by molar-refractivity contribution is 0.0948. The van der Waals surface area contributed by atoms with Gasteiger partial charge in [0.25, 0.3) is 5.91 Å². The van der Waals surface area contributed by atoms with Crippen molar-refractivity contribution in [2.75, 3.05) is 26.8 Å². The molecular formula is C14H22N2O4S. The number of hydrogen-bond donors (Lipinski definition) is 2. The summed E-state index contributed by atoms with van der Waals surface area (Å²) in [7, 11) is -1.88. The topological polar surface area (TPSA) is 84.5 Å². The molecule has 1 amide bonds. The molecule has 0 atom stereocenters. The van der Waals surface area contributed by atoms with E-state index in [1.54, 1.807) is 7.11 Å². The zero-order valence-electron chi connectivity index (χ0n) is 12.4. The first kappa shape index (κ1) is 17.6. The van der Waals surface area contributed by atoms with Crippen molar-refractivity contribution in [3.05, 3.63) is 29.8 Å². The SMILES string of the molecule is CCCNS(=O)(=O)c1ccc(C(=O)NCCCOC)cc1. The number of rotatable bonds is 9. The van der Waals surface area contributed by atoms with Crippen molar-refractivity contribution in [2.24, 2.45) is 0 Å². The van der Waals surface area contributed by atoms with Gasteiger partial charge in [0.15, 0.2) is 0 Å². The van der Waals surface area contributed by atoms with Gasteiger partial charge in [0.05, 0.1) is 4.90 Å². The molecule has 118 valence electrons. The van der Waals surface area contributed by atoms with Crippen molar-refractivity contribution in [3.63, 3.8) is 0 Å². The number of benzene rings is 1. The summed E-state index contributed by atoms with van der Waals surface area (Å²) in [4.78, 5) is 12.0. The Hall–Kier alpha value is -1.44. The highest BCUT2D eigenvalue weighted by Crippen LogP contribution is 2.10. The van der Waals surface area contributed by atoms with Gasteiger partial charge in [-0.2, -0.15) is 0 Å². The fourth-order valence-electron chi connectivity index (χ4n) is 1.63. The number of nitrogens with one attached hydrogen (secondary N) is 2. The Labute approximate surface area is 125 Å². The molecule has 0 bridgehead atoms. The van der Waals surface area contributed by atoms with Gasteiger partial charge in [-0.15, -0.1) is 0 Å². The third-order valence-electron chi connectivity index (χ3n) is 2.78. The molecule has 0 aliphatic heterocycles. The molecule has 7 heteroatoms. The lowest BCUT2D eigenvalue weighted by Crippen LogP contribution is -2.26. The van der Waals surface area contributed by atoms with E-state index in [-0.39, 0.29) is 10.8 Å². The molecule has 1 rings (SSSR count). The molecule has 0 saturated heterocycles. The molecule has 0 fully saturated rings. The Morgan fingerprint density at radius 2 is 1.86 bits per heavy atom. The van der Waals surface area contributed by atoms with Crippen molar-refractivity contribution >= 4 is 15.9 Å². The van der Waals surface area contributed by atoms with E-state index in [2.05, 4.69) is 10.0 Å². The first-order chi connectivity index (χ1) is 10.0. The number of carbonyl (C=O) groups excluding carboxylic acids is 1. The van der Waals surface area contributed by atoms with Gasteiger partial charge in [-0.05, 0) is 37.1 Å². The quantitative estimate of drug-likeness (QED) is 0.670. The molecule has 0 unspecified atom stereocenters. The molecule has 0 radical (unpaired) electrons. The highest BCUT2D eigenvalue weighted by atomic mass is 32.2. The summed E-state index contributed by atoms with van der Waals surface area (Å²) >= 11 is 0. The molecule has 1 aromatic carbocycles. The van der Waals surface area contributed by atoms with Crippen LogP contribution in [0.15, 0.2) is 29.2 Å². The van der Waals surface area contributed by atoms with Gasteiger partial charge in [0.1, 0.15) is 0 Å². The van der Waals surface area contributed by atoms with Crippen LogP contribution >= 0.6 is 0 Å². The van der Waals surface area contributed by atoms with Gasteiger partial charge in [0.2, 0.25) is 10.0 Å². The average Bonchev–Trinajstić information content (AvgIpc) is 2.49. The van der Waals surface area contributed by atoms with Crippen LogP contribution in [0.2, 0.25) is 0 Å². The van der Waals surface area contributed by atoms with Gasteiger partial charge in [-0.25, -0.2) is 13.1 Å². The van der Waals surface area contributed by atoms with Crippen LogP contribution in [-0.4, -0.2) is 41.1 Å². The first-order valence-corrected chi connectivity index (χ1v) is 8.36. The highest BCUT2D eigenvalue weighted by molar-refractivity contribution is 7.89. The van der Waals surface area contributed by atoms with Crippen molar-refractivity contribution in [1.29, 1.82) is 0 Å². The summed E-state index contributed by atoms with van der Waals surface area (Å²) in [6.45, 7) is 3.38. The van der Waals surface area contributed by atoms with Crippen LogP contribution in [0.1, 0.15) is 30.1 Å². The normalized spacial score (nSPS) is 11.3. The van der Waals surface area contributed by atoms with Gasteiger partial charge in [-0.1, -0.05) is 6.92 Å². The van der Waals surface area contributed by atoms with Crippen molar-refractivity contribution in [3.8, 4) is 0 Å². The van der Waals surface area contributed by atoms with Crippen LogP contribution in [0, 0.1) is 0 Å². The largest absolute Gasteiger partial charge is 0.385 e. The van der Waals surface area contributed by atoms with Crippen molar-refractivity contribution in [1.82, 2.24) is 10.0 Å². The van der Waals surface area contributed by atoms with Crippen LogP contribution in [0.3, 0.4) is 0 Å². The van der Waals surface area contributed by atoms with Crippen molar-refractivity contribution < 1.29 is 17.9 Å². The number of methoxy groups -OCH3 is 1. The number of amides is 1. The summed E-state index contributed by atoms with van der Waals surface area (Å²) in [6, 6.07) is 5.88. The first-order valence-electron chi connectivity index (χ1n) is 6.88. The highest BCUT2D eigenvalue weighted by Gasteiger charge is 2.13. The summed E-state index contributed by atoms with van der Waals surface area (Å²) in [5, 5.41) is 2.74. The number of sulfonamides is 1. The molecule has 0 heterocycles. The van der Waals surface area contributed by atoms with E-state index in [9.17, 15) is 13.2 Å². The third kappa shape index (κ3) is 5.82. The smallest absolute Gasteiger partial charge is 0.251 e. The minimum Gasteiger partial charge on any atom is -0.385 e. The molecule has 1 aromatic rings. The van der Waals surface area contributed by atoms with E-state index in [4.69, 9.17) is 4.74 Å². The lowest BCUT2D eigenvalue weighted by Gasteiger charge is -2.07. The lowest BCUT2D eigenvalue weighted by atomic mass is 10.2. The van der Waals surface area contributed by atoms with E-state index < -0.39 is 10.0 Å². The minimum absolute atomic E-state index is 0.159. The fourth-order valence-corrected chi connectivity index (χ4v) is 2.76. The third-order valence-corrected chi connectivity index (χ3v) is 4.26. The number of carbonyl (C=O) groups is 1. The second kappa shape index (κ2) is 8.76. The second-order valence-electron chi connectivity index (χ2n) is 4.52. The standard InChI is InChI=1S/C14H22N2O4S/c1-3-9-16-21(18,19)13-7-5-12(6-8-13)14(17)15-10-4-11-20-2/h5-8,16H,3-4,9-11H2,1-2H3,(H,15,17). The maximum atomic E-state index is 11.9. The Morgan fingerprint density at radius 3 is 2.43 bits per heavy atom. The van der Waals surface area contributed by atoms with Crippen LogP contribution in [-0.2, 0) is 14.8 Å². The molecule has 0 aromatic heterocycles. The number of ether oxygens (including phenoxy) is 1. The van der Waals surface area contributed by atoms with E-state index >= 15 is 0 Å². The van der Waals surface area contributed by atoms with Crippen LogP contribution in [0.4, 0.5) is 0 Å². The maximum Gasteiger partial charge on any atom is 0.251 e. The van der Waals surface area contributed by atoms with E-state index in [0.717, 1.165) is 12.8 Å². The minimum atomic E-state index is -3.49. The Balaban J connectivity index is 2.63. The maximum absolute atomic E-state index is 11.9.